The molecule has 254 valence electrons. The van der Waals surface area contributed by atoms with Crippen molar-refractivity contribution in [2.75, 3.05) is 46.4 Å². The van der Waals surface area contributed by atoms with Gasteiger partial charge >= 0.3 is 18.4 Å². The van der Waals surface area contributed by atoms with Crippen LogP contribution in [-0.4, -0.2) is 84.1 Å². The molecule has 5 rings (SSSR count). The Morgan fingerprint density at radius 3 is 2.17 bits per heavy atom. The Balaban J connectivity index is 1.04. The number of piperidine rings is 1. The third kappa shape index (κ3) is 7.88. The third-order valence-corrected chi connectivity index (χ3v) is 9.65. The van der Waals surface area contributed by atoms with Crippen molar-refractivity contribution in [3.63, 3.8) is 0 Å². The van der Waals surface area contributed by atoms with Crippen LogP contribution in [0.4, 0.5) is 31.1 Å². The van der Waals surface area contributed by atoms with Gasteiger partial charge in [0.2, 0.25) is 5.88 Å². The van der Waals surface area contributed by atoms with E-state index in [1.807, 2.05) is 0 Å². The highest BCUT2D eigenvalue weighted by atomic mass is 19.4. The summed E-state index contributed by atoms with van der Waals surface area (Å²) < 4.78 is 91.0. The fourth-order valence-electron chi connectivity index (χ4n) is 6.77. The summed E-state index contributed by atoms with van der Waals surface area (Å²) in [6, 6.07) is 7.62. The number of nitrogens with one attached hydrogen (secondary N) is 1. The lowest BCUT2D eigenvalue weighted by molar-refractivity contribution is -0.264. The molecular formula is C32H40F6N4O4. The molecule has 2 saturated heterocycles. The van der Waals surface area contributed by atoms with Crippen molar-refractivity contribution in [1.82, 2.24) is 20.1 Å². The monoisotopic (exact) mass is 658 g/mol. The smallest absolute Gasteiger partial charge is 0.422 e. The van der Waals surface area contributed by atoms with Crippen LogP contribution in [0.2, 0.25) is 0 Å². The zero-order chi connectivity index (χ0) is 33.2. The molecule has 3 fully saturated rings. The summed E-state index contributed by atoms with van der Waals surface area (Å²) >= 11 is 0. The van der Waals surface area contributed by atoms with E-state index < -0.39 is 35.7 Å². The van der Waals surface area contributed by atoms with E-state index in [1.54, 1.807) is 4.90 Å². The quantitative estimate of drug-likeness (QED) is 0.315. The Morgan fingerprint density at radius 2 is 1.61 bits per heavy atom. The van der Waals surface area contributed by atoms with Crippen molar-refractivity contribution in [1.29, 1.82) is 0 Å². The number of carbonyl (C=O) groups excluding carboxylic acids is 1. The molecule has 0 radical (unpaired) electrons. The fourth-order valence-corrected chi connectivity index (χ4v) is 6.77. The zero-order valence-corrected chi connectivity index (χ0v) is 25.7. The molecule has 46 heavy (non-hydrogen) atoms. The minimum Gasteiger partial charge on any atom is -0.481 e. The molecule has 3 heterocycles. The number of ether oxygens (including phenoxy) is 2. The fraction of sp³-hybridized carbons (Fsp3) is 0.625. The Labute approximate surface area is 264 Å². The first-order valence-electron chi connectivity index (χ1n) is 15.6. The molecule has 3 aliphatic rings. The molecule has 1 aromatic carbocycles. The van der Waals surface area contributed by atoms with Gasteiger partial charge in [0.05, 0.1) is 19.2 Å². The summed E-state index contributed by atoms with van der Waals surface area (Å²) in [6.07, 6.45) is -4.10. The van der Waals surface area contributed by atoms with Crippen molar-refractivity contribution in [2.24, 2.45) is 11.8 Å². The van der Waals surface area contributed by atoms with Gasteiger partial charge in [-0.25, -0.2) is 9.78 Å². The molecule has 1 aliphatic carbocycles. The van der Waals surface area contributed by atoms with Crippen molar-refractivity contribution < 1.29 is 45.7 Å². The molecule has 1 aromatic heterocycles. The van der Waals surface area contributed by atoms with Crippen LogP contribution in [0.25, 0.3) is 0 Å². The second-order valence-electron chi connectivity index (χ2n) is 12.9. The molecule has 8 nitrogen and oxygen atoms in total. The van der Waals surface area contributed by atoms with Gasteiger partial charge in [-0.15, -0.1) is 0 Å². The highest BCUT2D eigenvalue weighted by Gasteiger charge is 2.55. The van der Waals surface area contributed by atoms with Crippen molar-refractivity contribution in [3.8, 4) is 5.88 Å². The molecule has 2 N–H and O–H groups in total. The number of methoxy groups -OCH3 is 1. The van der Waals surface area contributed by atoms with E-state index >= 15 is 0 Å². The van der Waals surface area contributed by atoms with E-state index in [0.717, 1.165) is 55.6 Å². The van der Waals surface area contributed by atoms with Crippen molar-refractivity contribution >= 4 is 6.09 Å². The molecule has 1 spiro atoms. The van der Waals surface area contributed by atoms with E-state index in [1.165, 1.54) is 25.3 Å². The van der Waals surface area contributed by atoms with Crippen LogP contribution >= 0.6 is 0 Å². The molecule has 2 aromatic rings. The van der Waals surface area contributed by atoms with E-state index in [4.69, 9.17) is 9.47 Å². The van der Waals surface area contributed by atoms with Crippen LogP contribution in [0.5, 0.6) is 5.88 Å². The summed E-state index contributed by atoms with van der Waals surface area (Å²) in [5.41, 5.74) is -3.89. The van der Waals surface area contributed by atoms with E-state index in [-0.39, 0.29) is 29.4 Å². The molecule has 1 saturated carbocycles. The van der Waals surface area contributed by atoms with Gasteiger partial charge in [0.1, 0.15) is 5.60 Å². The minimum absolute atomic E-state index is 0.147. The first kappa shape index (κ1) is 34.2. The van der Waals surface area contributed by atoms with Gasteiger partial charge in [0.15, 0.2) is 5.60 Å². The Hall–Kier alpha value is -3.10. The number of carbonyl (C=O) groups is 1. The van der Waals surface area contributed by atoms with Gasteiger partial charge in [-0.1, -0.05) is 12.1 Å². The van der Waals surface area contributed by atoms with Crippen LogP contribution in [0, 0.1) is 11.8 Å². The summed E-state index contributed by atoms with van der Waals surface area (Å²) in [5.74, 6) is 0.556. The second kappa shape index (κ2) is 13.6. The maximum Gasteiger partial charge on any atom is 0.422 e. The maximum atomic E-state index is 13.9. The second-order valence-corrected chi connectivity index (χ2v) is 12.9. The predicted octanol–water partition coefficient (Wildman–Crippen LogP) is 5.74. The number of nitrogens with zero attached hydrogens (tertiary/aromatic N) is 3. The number of likely N-dealkylation sites (tertiary alicyclic amines) is 1. The molecular weight excluding hydrogens is 618 g/mol. The number of alkyl halides is 6. The topological polar surface area (TPSA) is 87.2 Å². The first-order chi connectivity index (χ1) is 21.7. The lowest BCUT2D eigenvalue weighted by Crippen LogP contribution is -2.50. The summed E-state index contributed by atoms with van der Waals surface area (Å²) in [4.78, 5) is 20.5. The summed E-state index contributed by atoms with van der Waals surface area (Å²) in [6.45, 7) is 2.54. The van der Waals surface area contributed by atoms with E-state index in [0.29, 0.717) is 52.1 Å². The van der Waals surface area contributed by atoms with Crippen LogP contribution < -0.4 is 10.1 Å². The standard InChI is InChI=1S/C32H40F6N4O4/c1-45-27-11-10-26(17-40-27)30(44,32(36,37)38)20-39-16-22-2-4-24(5-3-22)19-42-21-29(46-28(42)43)12-14-41(15-13-29)18-23-6-8-25(9-7-23)31(33,34)35/h6-11,17,22,24,39,44H,2-5,12-16,18-21H2,1H3. The number of benzene rings is 1. The Morgan fingerprint density at radius 1 is 0.978 bits per heavy atom. The first-order valence-corrected chi connectivity index (χ1v) is 15.6. The molecule has 1 unspecified atom stereocenters. The maximum absolute atomic E-state index is 13.9. The predicted molar refractivity (Wildman–Crippen MR) is 156 cm³/mol. The van der Waals surface area contributed by atoms with Crippen LogP contribution in [0.1, 0.15) is 55.2 Å². The summed E-state index contributed by atoms with van der Waals surface area (Å²) in [5, 5.41) is 13.4. The number of aromatic nitrogens is 1. The SMILES string of the molecule is COc1ccc(C(O)(CNCC2CCC(CN3CC4(CCN(Cc5ccc(C(F)(F)F)cc5)CC4)OC3=O)CC2)C(F)(F)F)cn1. The lowest BCUT2D eigenvalue weighted by Gasteiger charge is -2.37. The average molecular weight is 659 g/mol. The van der Waals surface area contributed by atoms with Crippen molar-refractivity contribution in [3.05, 3.63) is 59.3 Å². The number of rotatable bonds is 10. The number of halogens is 6. The Kier molecular flexibility index (Phi) is 10.1. The van der Waals surface area contributed by atoms with Crippen LogP contribution in [-0.2, 0) is 23.1 Å². The number of hydrogen-bond acceptors (Lipinski definition) is 7. The normalized spacial score (nSPS) is 23.7. The van der Waals surface area contributed by atoms with E-state index in [2.05, 4.69) is 15.2 Å². The van der Waals surface area contributed by atoms with Crippen LogP contribution in [0.3, 0.4) is 0 Å². The van der Waals surface area contributed by atoms with Gasteiger partial charge in [0.25, 0.3) is 0 Å². The van der Waals surface area contributed by atoms with Crippen LogP contribution in [0.15, 0.2) is 42.6 Å². The lowest BCUT2D eigenvalue weighted by atomic mass is 9.81. The minimum atomic E-state index is -4.90. The molecule has 14 heteroatoms. The van der Waals surface area contributed by atoms with Gasteiger partial charge in [-0.3, -0.25) is 4.90 Å². The number of hydrogen-bond donors (Lipinski definition) is 2. The largest absolute Gasteiger partial charge is 0.481 e. The molecule has 2 aliphatic heterocycles. The van der Waals surface area contributed by atoms with Gasteiger partial charge in [-0.05, 0) is 67.8 Å². The highest BCUT2D eigenvalue weighted by molar-refractivity contribution is 5.70. The number of aliphatic hydroxyl groups is 1. The molecule has 1 amide bonds. The summed E-state index contributed by atoms with van der Waals surface area (Å²) in [7, 11) is 1.35. The molecule has 0 bridgehead atoms. The number of amides is 1. The van der Waals surface area contributed by atoms with Gasteiger partial charge < -0.3 is 24.8 Å². The average Bonchev–Trinajstić information content (AvgIpc) is 3.32. The van der Waals surface area contributed by atoms with E-state index in [9.17, 15) is 36.2 Å². The van der Waals surface area contributed by atoms with Gasteiger partial charge in [-0.2, -0.15) is 26.3 Å². The highest BCUT2D eigenvalue weighted by Crippen LogP contribution is 2.40. The third-order valence-electron chi connectivity index (χ3n) is 9.65. The van der Waals surface area contributed by atoms with Gasteiger partial charge in [0, 0.05) is 63.4 Å². The Bertz CT molecular complexity index is 1310. The number of pyridine rings is 1. The zero-order valence-electron chi connectivity index (χ0n) is 25.7. The molecule has 1 atom stereocenters. The van der Waals surface area contributed by atoms with Crippen molar-refractivity contribution in [2.45, 2.75) is 68.6 Å².